The van der Waals surface area contributed by atoms with E-state index in [-0.39, 0.29) is 28.9 Å². The molecule has 0 atom stereocenters. The summed E-state index contributed by atoms with van der Waals surface area (Å²) in [4.78, 5) is 14.4. The average molecular weight is 355 g/mol. The van der Waals surface area contributed by atoms with Crippen LogP contribution in [-0.2, 0) is 0 Å². The van der Waals surface area contributed by atoms with Crippen molar-refractivity contribution in [2.24, 2.45) is 5.92 Å². The molecule has 0 unspecified atom stereocenters. The molecule has 0 bridgehead atoms. The second kappa shape index (κ2) is 9.27. The number of hydrogen-bond acceptors (Lipinski definition) is 4. The van der Waals surface area contributed by atoms with Crippen LogP contribution in [0.25, 0.3) is 0 Å². The number of nitrogens with one attached hydrogen (secondary N) is 1. The van der Waals surface area contributed by atoms with Crippen molar-refractivity contribution in [1.82, 2.24) is 10.2 Å². The number of carbonyl (C=O) groups is 1. The third kappa shape index (κ3) is 5.07. The number of hydrogen-bond donors (Lipinski definition) is 1. The molecular weight excluding hydrogens is 334 g/mol. The number of ether oxygens (including phenoxy) is 1. The Morgan fingerprint density at radius 2 is 2.18 bits per heavy atom. The van der Waals surface area contributed by atoms with Crippen molar-refractivity contribution in [2.75, 3.05) is 26.2 Å². The van der Waals surface area contributed by atoms with Crippen LogP contribution in [0.2, 0.25) is 0 Å². The Hall–Kier alpha value is -0.920. The predicted molar refractivity (Wildman–Crippen MR) is 85.4 cm³/mol. The molecule has 1 aliphatic heterocycles. The molecule has 4 nitrogen and oxygen atoms in total. The van der Waals surface area contributed by atoms with Gasteiger partial charge in [0.15, 0.2) is 0 Å². The van der Waals surface area contributed by atoms with E-state index in [4.69, 9.17) is 0 Å². The highest BCUT2D eigenvalue weighted by molar-refractivity contribution is 7.12. The number of alkyl halides is 2. The second-order valence-electron chi connectivity index (χ2n) is 5.04. The zero-order valence-corrected chi connectivity index (χ0v) is 14.0. The first-order valence-corrected chi connectivity index (χ1v) is 8.02. The molecule has 0 aromatic carbocycles. The zero-order chi connectivity index (χ0) is 15.2. The van der Waals surface area contributed by atoms with E-state index in [0.29, 0.717) is 19.0 Å². The summed E-state index contributed by atoms with van der Waals surface area (Å²) in [5.41, 5.74) is 0. The van der Waals surface area contributed by atoms with Crippen molar-refractivity contribution in [1.29, 1.82) is 0 Å². The standard InChI is InChI=1S/C14H20F2N2O2S.ClH/c1-2-17-9-10-3-6-18(7-4-10)13(19)12-11(5-8-21-12)20-14(15)16;/h5,8,10,14,17H,2-4,6-7,9H2,1H3;1H. The van der Waals surface area contributed by atoms with Gasteiger partial charge in [-0.1, -0.05) is 6.92 Å². The van der Waals surface area contributed by atoms with Crippen molar-refractivity contribution in [3.8, 4) is 5.75 Å². The van der Waals surface area contributed by atoms with Gasteiger partial charge in [-0.25, -0.2) is 0 Å². The van der Waals surface area contributed by atoms with Gasteiger partial charge >= 0.3 is 6.61 Å². The van der Waals surface area contributed by atoms with E-state index in [1.807, 2.05) is 0 Å². The summed E-state index contributed by atoms with van der Waals surface area (Å²) in [6, 6.07) is 1.42. The minimum Gasteiger partial charge on any atom is -0.433 e. The van der Waals surface area contributed by atoms with E-state index < -0.39 is 6.61 Å². The van der Waals surface area contributed by atoms with E-state index >= 15 is 0 Å². The Morgan fingerprint density at radius 3 is 2.77 bits per heavy atom. The Balaban J connectivity index is 0.00000242. The molecule has 2 rings (SSSR count). The molecule has 8 heteroatoms. The molecule has 1 aromatic rings. The van der Waals surface area contributed by atoms with Crippen LogP contribution in [0.4, 0.5) is 8.78 Å². The maximum Gasteiger partial charge on any atom is 0.387 e. The molecule has 126 valence electrons. The van der Waals surface area contributed by atoms with E-state index in [2.05, 4.69) is 17.0 Å². The Morgan fingerprint density at radius 1 is 1.50 bits per heavy atom. The summed E-state index contributed by atoms with van der Waals surface area (Å²) < 4.78 is 29.0. The summed E-state index contributed by atoms with van der Waals surface area (Å²) in [5.74, 6) is 0.353. The second-order valence-corrected chi connectivity index (χ2v) is 5.95. The molecule has 0 saturated carbocycles. The summed E-state index contributed by atoms with van der Waals surface area (Å²) in [5, 5.41) is 4.92. The average Bonchev–Trinajstić information content (AvgIpc) is 2.92. The fraction of sp³-hybridized carbons (Fsp3) is 0.643. The minimum absolute atomic E-state index is 0. The predicted octanol–water partition coefficient (Wildman–Crippen LogP) is 3.23. The number of rotatable bonds is 6. The lowest BCUT2D eigenvalue weighted by molar-refractivity contribution is -0.0499. The fourth-order valence-corrected chi connectivity index (χ4v) is 3.26. The molecule has 0 radical (unpaired) electrons. The lowest BCUT2D eigenvalue weighted by Gasteiger charge is -2.32. The third-order valence-electron chi connectivity index (χ3n) is 3.62. The monoisotopic (exact) mass is 354 g/mol. The summed E-state index contributed by atoms with van der Waals surface area (Å²) >= 11 is 1.15. The minimum atomic E-state index is -2.91. The van der Waals surface area contributed by atoms with Crippen molar-refractivity contribution >= 4 is 29.7 Å². The van der Waals surface area contributed by atoms with Gasteiger partial charge in [0.2, 0.25) is 0 Å². The summed E-state index contributed by atoms with van der Waals surface area (Å²) in [6.45, 7) is 2.42. The third-order valence-corrected chi connectivity index (χ3v) is 4.51. The van der Waals surface area contributed by atoms with Crippen LogP contribution in [0, 0.1) is 5.92 Å². The van der Waals surface area contributed by atoms with Crippen molar-refractivity contribution in [2.45, 2.75) is 26.4 Å². The molecule has 0 aliphatic carbocycles. The van der Waals surface area contributed by atoms with Crippen LogP contribution in [0.1, 0.15) is 29.4 Å². The van der Waals surface area contributed by atoms with Gasteiger partial charge in [0, 0.05) is 13.1 Å². The topological polar surface area (TPSA) is 41.6 Å². The highest BCUT2D eigenvalue weighted by Gasteiger charge is 2.26. The van der Waals surface area contributed by atoms with Gasteiger partial charge in [-0.2, -0.15) is 8.78 Å². The molecule has 1 N–H and O–H groups in total. The first-order valence-electron chi connectivity index (χ1n) is 7.14. The molecular formula is C14H21ClF2N2O2S. The highest BCUT2D eigenvalue weighted by atomic mass is 35.5. The fourth-order valence-electron chi connectivity index (χ4n) is 2.47. The van der Waals surface area contributed by atoms with Crippen molar-refractivity contribution in [3.63, 3.8) is 0 Å². The highest BCUT2D eigenvalue weighted by Crippen LogP contribution is 2.29. The quantitative estimate of drug-likeness (QED) is 0.852. The van der Waals surface area contributed by atoms with Gasteiger partial charge in [0.25, 0.3) is 5.91 Å². The van der Waals surface area contributed by atoms with Gasteiger partial charge in [0.05, 0.1) is 0 Å². The number of thiophene rings is 1. The first-order chi connectivity index (χ1) is 10.1. The van der Waals surface area contributed by atoms with E-state index in [1.54, 1.807) is 10.3 Å². The maximum atomic E-state index is 12.4. The molecule has 2 heterocycles. The van der Waals surface area contributed by atoms with Gasteiger partial charge in [0.1, 0.15) is 10.6 Å². The normalized spacial score (nSPS) is 15.7. The van der Waals surface area contributed by atoms with Crippen LogP contribution in [0.3, 0.4) is 0 Å². The van der Waals surface area contributed by atoms with E-state index in [9.17, 15) is 13.6 Å². The van der Waals surface area contributed by atoms with E-state index in [1.165, 1.54) is 6.07 Å². The van der Waals surface area contributed by atoms with Crippen LogP contribution < -0.4 is 10.1 Å². The number of nitrogens with zero attached hydrogens (tertiary/aromatic N) is 1. The largest absolute Gasteiger partial charge is 0.433 e. The Labute approximate surface area is 139 Å². The summed E-state index contributed by atoms with van der Waals surface area (Å²) in [6.07, 6.45) is 1.88. The van der Waals surface area contributed by atoms with Gasteiger partial charge in [-0.15, -0.1) is 23.7 Å². The molecule has 1 amide bonds. The number of halogens is 3. The van der Waals surface area contributed by atoms with Crippen LogP contribution in [0.15, 0.2) is 11.4 Å². The molecule has 1 aromatic heterocycles. The summed E-state index contributed by atoms with van der Waals surface area (Å²) in [7, 11) is 0. The lowest BCUT2D eigenvalue weighted by Crippen LogP contribution is -2.40. The van der Waals surface area contributed by atoms with Crippen molar-refractivity contribution in [3.05, 3.63) is 16.3 Å². The first kappa shape index (κ1) is 19.1. The molecule has 1 aliphatic rings. The Bertz CT molecular complexity index is 465. The molecule has 1 fully saturated rings. The van der Waals surface area contributed by atoms with Crippen molar-refractivity contribution < 1.29 is 18.3 Å². The SMILES string of the molecule is CCNCC1CCN(C(=O)c2sccc2OC(F)F)CC1.Cl. The number of amides is 1. The van der Waals surface area contributed by atoms with E-state index in [0.717, 1.165) is 37.3 Å². The van der Waals surface area contributed by atoms with Gasteiger partial charge in [-0.3, -0.25) is 4.79 Å². The number of piperidine rings is 1. The molecule has 0 spiro atoms. The smallest absolute Gasteiger partial charge is 0.387 e. The lowest BCUT2D eigenvalue weighted by atomic mass is 9.96. The van der Waals surface area contributed by atoms with Crippen LogP contribution >= 0.6 is 23.7 Å². The Kier molecular flexibility index (Phi) is 8.06. The maximum absolute atomic E-state index is 12.4. The van der Waals surface area contributed by atoms with Crippen LogP contribution in [0.5, 0.6) is 5.75 Å². The van der Waals surface area contributed by atoms with Crippen LogP contribution in [-0.4, -0.2) is 43.6 Å². The molecule has 1 saturated heterocycles. The number of likely N-dealkylation sites (tertiary alicyclic amines) is 1. The molecule has 22 heavy (non-hydrogen) atoms. The van der Waals surface area contributed by atoms with Gasteiger partial charge in [-0.05, 0) is 43.3 Å². The zero-order valence-electron chi connectivity index (χ0n) is 12.4. The number of carbonyl (C=O) groups excluding carboxylic acids is 1. The van der Waals surface area contributed by atoms with Gasteiger partial charge < -0.3 is 15.0 Å².